The molecular formula is C34H31N5O7. The molecule has 12 heteroatoms. The van der Waals surface area contributed by atoms with Gasteiger partial charge in [-0.3, -0.25) is 24.5 Å². The summed E-state index contributed by atoms with van der Waals surface area (Å²) in [5.41, 5.74) is 3.31. The van der Waals surface area contributed by atoms with Crippen molar-refractivity contribution in [3.05, 3.63) is 123 Å². The molecule has 3 amide bonds. The Bertz CT molecular complexity index is 1800. The van der Waals surface area contributed by atoms with Gasteiger partial charge in [0.05, 0.1) is 24.4 Å². The second-order valence-corrected chi connectivity index (χ2v) is 10.2. The molecule has 234 valence electrons. The average Bonchev–Trinajstić information content (AvgIpc) is 3.08. The number of rotatable bonds is 10. The minimum absolute atomic E-state index is 0.122. The van der Waals surface area contributed by atoms with E-state index in [0.717, 1.165) is 17.7 Å². The van der Waals surface area contributed by atoms with Gasteiger partial charge in [-0.1, -0.05) is 6.07 Å². The van der Waals surface area contributed by atoms with E-state index in [1.54, 1.807) is 49.6 Å². The first-order valence-electron chi connectivity index (χ1n) is 14.5. The number of carbonyl (C=O) groups excluding carboxylic acids is 3. The summed E-state index contributed by atoms with van der Waals surface area (Å²) in [7, 11) is 1.58. The van der Waals surface area contributed by atoms with Crippen molar-refractivity contribution in [1.29, 1.82) is 0 Å². The highest BCUT2D eigenvalue weighted by Gasteiger charge is 2.22. The van der Waals surface area contributed by atoms with Gasteiger partial charge in [0.25, 0.3) is 23.4 Å². The van der Waals surface area contributed by atoms with Crippen LogP contribution in [0.15, 0.2) is 96.1 Å². The lowest BCUT2D eigenvalue weighted by Gasteiger charge is -2.24. The molecule has 0 saturated carbocycles. The third-order valence-electron chi connectivity index (χ3n) is 7.17. The van der Waals surface area contributed by atoms with Crippen molar-refractivity contribution in [1.82, 2.24) is 5.01 Å². The summed E-state index contributed by atoms with van der Waals surface area (Å²) in [5, 5.41) is 22.4. The molecule has 1 aliphatic heterocycles. The molecule has 0 unspecified atom stereocenters. The van der Waals surface area contributed by atoms with Crippen LogP contribution in [0.5, 0.6) is 11.5 Å². The Morgan fingerprint density at radius 1 is 0.848 bits per heavy atom. The molecule has 0 spiro atoms. The number of carbonyl (C=O) groups is 3. The highest BCUT2D eigenvalue weighted by atomic mass is 16.6. The first-order valence-corrected chi connectivity index (χ1v) is 14.5. The summed E-state index contributed by atoms with van der Waals surface area (Å²) in [6.07, 6.45) is 1.47. The number of methoxy groups -OCH3 is 1. The fraction of sp³-hybridized carbons (Fsp3) is 0.176. The van der Waals surface area contributed by atoms with E-state index in [2.05, 4.69) is 15.7 Å². The van der Waals surface area contributed by atoms with E-state index in [4.69, 9.17) is 9.47 Å². The lowest BCUT2D eigenvalue weighted by Crippen LogP contribution is -2.32. The summed E-state index contributed by atoms with van der Waals surface area (Å²) in [6.45, 7) is 2.87. The van der Waals surface area contributed by atoms with Gasteiger partial charge in [0.1, 0.15) is 0 Å². The minimum Gasteiger partial charge on any atom is -0.493 e. The minimum atomic E-state index is -0.545. The molecule has 0 aromatic heterocycles. The number of benzene rings is 4. The summed E-state index contributed by atoms with van der Waals surface area (Å²) in [4.78, 5) is 49.2. The fourth-order valence-corrected chi connectivity index (χ4v) is 4.84. The summed E-state index contributed by atoms with van der Waals surface area (Å²) in [5.74, 6) is 0.0928. The second kappa shape index (κ2) is 14.2. The van der Waals surface area contributed by atoms with Crippen molar-refractivity contribution < 1.29 is 28.8 Å². The second-order valence-electron chi connectivity index (χ2n) is 10.2. The number of hydrazone groups is 1. The van der Waals surface area contributed by atoms with Gasteiger partial charge in [-0.15, -0.1) is 0 Å². The molecular weight excluding hydrogens is 590 g/mol. The van der Waals surface area contributed by atoms with Gasteiger partial charge in [0.2, 0.25) is 0 Å². The molecule has 4 aromatic carbocycles. The van der Waals surface area contributed by atoms with Crippen molar-refractivity contribution in [3.63, 3.8) is 0 Å². The van der Waals surface area contributed by atoms with Gasteiger partial charge in [0, 0.05) is 52.3 Å². The van der Waals surface area contributed by atoms with Gasteiger partial charge in [-0.2, -0.15) is 5.10 Å². The van der Waals surface area contributed by atoms with Gasteiger partial charge in [-0.05, 0) is 92.6 Å². The zero-order valence-electron chi connectivity index (χ0n) is 25.2. The average molecular weight is 622 g/mol. The topological polar surface area (TPSA) is 152 Å². The van der Waals surface area contributed by atoms with E-state index in [1.807, 2.05) is 25.1 Å². The van der Waals surface area contributed by atoms with E-state index >= 15 is 0 Å². The fourth-order valence-electron chi connectivity index (χ4n) is 4.84. The molecule has 0 atom stereocenters. The molecule has 5 rings (SSSR count). The van der Waals surface area contributed by atoms with E-state index < -0.39 is 16.7 Å². The molecule has 1 aliphatic rings. The predicted molar refractivity (Wildman–Crippen MR) is 173 cm³/mol. The van der Waals surface area contributed by atoms with Gasteiger partial charge in [-0.25, -0.2) is 5.01 Å². The molecule has 4 aromatic rings. The largest absolute Gasteiger partial charge is 0.493 e. The maximum absolute atomic E-state index is 13.3. The monoisotopic (exact) mass is 621 g/mol. The predicted octanol–water partition coefficient (Wildman–Crippen LogP) is 6.15. The SMILES string of the molecule is CCOc1cc(C2=NN(C(=O)c3ccc(NC(=O)c4cccc(NC(=O)c5ccc([N+](=O)[O-])cc5)c4)cc3)CCC2)ccc1OC. The Balaban J connectivity index is 1.22. The Morgan fingerprint density at radius 2 is 1.54 bits per heavy atom. The summed E-state index contributed by atoms with van der Waals surface area (Å²) < 4.78 is 11.1. The van der Waals surface area contributed by atoms with Crippen molar-refractivity contribution >= 4 is 40.5 Å². The molecule has 0 aliphatic carbocycles. The number of nitrogens with zero attached hydrogens (tertiary/aromatic N) is 3. The third kappa shape index (κ3) is 7.36. The van der Waals surface area contributed by atoms with Crippen LogP contribution in [0.3, 0.4) is 0 Å². The van der Waals surface area contributed by atoms with Crippen molar-refractivity contribution in [2.24, 2.45) is 5.10 Å². The Kier molecular flexibility index (Phi) is 9.66. The molecule has 1 heterocycles. The molecule has 2 N–H and O–H groups in total. The molecule has 12 nitrogen and oxygen atoms in total. The number of non-ortho nitro benzene ring substituents is 1. The van der Waals surface area contributed by atoms with Crippen LogP contribution in [-0.4, -0.2) is 53.6 Å². The Hall–Kier alpha value is -6.04. The van der Waals surface area contributed by atoms with Crippen LogP contribution in [0.1, 0.15) is 56.4 Å². The van der Waals surface area contributed by atoms with E-state index in [9.17, 15) is 24.5 Å². The maximum Gasteiger partial charge on any atom is 0.273 e. The number of nitrogens with one attached hydrogen (secondary N) is 2. The smallest absolute Gasteiger partial charge is 0.273 e. The van der Waals surface area contributed by atoms with Crippen LogP contribution in [0.25, 0.3) is 0 Å². The number of nitro benzene ring substituents is 1. The van der Waals surface area contributed by atoms with Crippen LogP contribution >= 0.6 is 0 Å². The van der Waals surface area contributed by atoms with Crippen LogP contribution in [0.2, 0.25) is 0 Å². The zero-order chi connectivity index (χ0) is 32.6. The van der Waals surface area contributed by atoms with Crippen molar-refractivity contribution in [3.8, 4) is 11.5 Å². The van der Waals surface area contributed by atoms with Gasteiger partial charge >= 0.3 is 0 Å². The van der Waals surface area contributed by atoms with Crippen LogP contribution < -0.4 is 20.1 Å². The van der Waals surface area contributed by atoms with Crippen molar-refractivity contribution in [2.75, 3.05) is 30.9 Å². The third-order valence-corrected chi connectivity index (χ3v) is 7.17. The van der Waals surface area contributed by atoms with Crippen LogP contribution in [-0.2, 0) is 0 Å². The number of amides is 3. The van der Waals surface area contributed by atoms with Crippen LogP contribution in [0.4, 0.5) is 17.1 Å². The number of hydrogen-bond acceptors (Lipinski definition) is 8. The summed E-state index contributed by atoms with van der Waals surface area (Å²) >= 11 is 0. The first-order chi connectivity index (χ1) is 22.2. The number of ether oxygens (including phenoxy) is 2. The van der Waals surface area contributed by atoms with E-state index in [1.165, 1.54) is 35.3 Å². The Labute approximate surface area is 264 Å². The molecule has 46 heavy (non-hydrogen) atoms. The number of anilines is 2. The lowest BCUT2D eigenvalue weighted by molar-refractivity contribution is -0.384. The normalized spacial score (nSPS) is 12.5. The Morgan fingerprint density at radius 3 is 2.24 bits per heavy atom. The lowest BCUT2D eigenvalue weighted by atomic mass is 10.0. The molecule has 0 radical (unpaired) electrons. The van der Waals surface area contributed by atoms with Gasteiger partial charge < -0.3 is 20.1 Å². The quantitative estimate of drug-likeness (QED) is 0.159. The highest BCUT2D eigenvalue weighted by molar-refractivity contribution is 6.08. The maximum atomic E-state index is 13.3. The van der Waals surface area contributed by atoms with E-state index in [0.29, 0.717) is 53.6 Å². The summed E-state index contributed by atoms with van der Waals surface area (Å²) in [6, 6.07) is 23.7. The van der Waals surface area contributed by atoms with Crippen molar-refractivity contribution in [2.45, 2.75) is 19.8 Å². The number of nitro groups is 1. The number of hydrogen-bond donors (Lipinski definition) is 2. The zero-order valence-corrected chi connectivity index (χ0v) is 25.2. The van der Waals surface area contributed by atoms with E-state index in [-0.39, 0.29) is 17.2 Å². The molecule has 0 saturated heterocycles. The van der Waals surface area contributed by atoms with Gasteiger partial charge in [0.15, 0.2) is 11.5 Å². The first kappa shape index (κ1) is 31.4. The van der Waals surface area contributed by atoms with Crippen LogP contribution in [0, 0.1) is 10.1 Å². The molecule has 0 fully saturated rings. The standard InChI is InChI=1S/C34H31N5O7/c1-3-46-31-21-24(13-18-30(31)45-2)29-8-5-19-38(37-29)34(42)23-9-14-26(15-10-23)35-33(41)25-6-4-7-27(20-25)36-32(40)22-11-16-28(17-12-22)39(43)44/h4,6-7,9-18,20-21H,3,5,8,19H2,1-2H3,(H,35,41)(H,36,40). The molecule has 0 bridgehead atoms. The highest BCUT2D eigenvalue weighted by Crippen LogP contribution is 2.30.